The Balaban J connectivity index is 3.08. The number of carbonyl (C=O) groups is 1. The van der Waals surface area contributed by atoms with Crippen molar-refractivity contribution >= 4 is 5.91 Å². The van der Waals surface area contributed by atoms with Crippen molar-refractivity contribution in [1.82, 2.24) is 15.0 Å². The zero-order chi connectivity index (χ0) is 6.85. The van der Waals surface area contributed by atoms with Gasteiger partial charge in [0.25, 0.3) is 5.91 Å². The number of primary amides is 1. The van der Waals surface area contributed by atoms with Crippen LogP contribution in [0.4, 0.5) is 0 Å². The molecule has 0 atom stereocenters. The Morgan fingerprint density at radius 2 is 2.56 bits per heavy atom. The van der Waals surface area contributed by atoms with E-state index in [9.17, 15) is 4.79 Å². The monoisotopic (exact) mass is 126 g/mol. The number of nitrogens with two attached hydrogens (primary N) is 1. The lowest BCUT2D eigenvalue weighted by Gasteiger charge is -1.89. The van der Waals surface area contributed by atoms with Crippen molar-refractivity contribution in [1.29, 1.82) is 0 Å². The summed E-state index contributed by atoms with van der Waals surface area (Å²) >= 11 is 0. The molecule has 9 heavy (non-hydrogen) atoms. The Morgan fingerprint density at radius 3 is 2.78 bits per heavy atom. The molecule has 48 valence electrons. The highest BCUT2D eigenvalue weighted by molar-refractivity contribution is 5.90. The highest BCUT2D eigenvalue weighted by atomic mass is 16.1. The minimum absolute atomic E-state index is 0.315. The number of aryl methyl sites for hydroxylation is 1. The van der Waals surface area contributed by atoms with E-state index in [4.69, 9.17) is 5.73 Å². The summed E-state index contributed by atoms with van der Waals surface area (Å²) in [5.74, 6) is -0.512. The SMILES string of the molecule is Cn1nncc1C(N)=O. The molecule has 0 spiro atoms. The maximum atomic E-state index is 10.4. The van der Waals surface area contributed by atoms with Gasteiger partial charge in [0.05, 0.1) is 6.20 Å². The zero-order valence-corrected chi connectivity index (χ0v) is 4.90. The normalized spacial score (nSPS) is 9.44. The topological polar surface area (TPSA) is 73.8 Å². The van der Waals surface area contributed by atoms with E-state index in [1.807, 2.05) is 0 Å². The predicted octanol–water partition coefficient (Wildman–Crippen LogP) is -1.09. The van der Waals surface area contributed by atoms with Gasteiger partial charge in [0.2, 0.25) is 0 Å². The van der Waals surface area contributed by atoms with Crippen molar-refractivity contribution in [2.75, 3.05) is 0 Å². The Kier molecular flexibility index (Phi) is 1.18. The third kappa shape index (κ3) is 0.883. The van der Waals surface area contributed by atoms with E-state index in [0.717, 1.165) is 0 Å². The predicted molar refractivity (Wildman–Crippen MR) is 29.5 cm³/mol. The van der Waals surface area contributed by atoms with Crippen LogP contribution in [0.3, 0.4) is 0 Å². The van der Waals surface area contributed by atoms with E-state index in [-0.39, 0.29) is 0 Å². The fraction of sp³-hybridized carbons (Fsp3) is 0.250. The molecule has 5 heteroatoms. The number of aromatic nitrogens is 3. The van der Waals surface area contributed by atoms with Crippen LogP contribution in [0.15, 0.2) is 6.20 Å². The lowest BCUT2D eigenvalue weighted by Crippen LogP contribution is -2.15. The number of hydrogen-bond donors (Lipinski definition) is 1. The van der Waals surface area contributed by atoms with E-state index < -0.39 is 5.91 Å². The van der Waals surface area contributed by atoms with Gasteiger partial charge in [0, 0.05) is 7.05 Å². The lowest BCUT2D eigenvalue weighted by molar-refractivity contribution is 0.0991. The van der Waals surface area contributed by atoms with E-state index in [0.29, 0.717) is 5.69 Å². The fourth-order valence-corrected chi connectivity index (χ4v) is 0.513. The second-order valence-electron chi connectivity index (χ2n) is 1.61. The number of carbonyl (C=O) groups excluding carboxylic acids is 1. The largest absolute Gasteiger partial charge is 0.364 e. The third-order valence-electron chi connectivity index (χ3n) is 0.967. The van der Waals surface area contributed by atoms with Crippen molar-refractivity contribution in [2.45, 2.75) is 0 Å². The lowest BCUT2D eigenvalue weighted by atomic mass is 10.5. The van der Waals surface area contributed by atoms with Crippen molar-refractivity contribution in [3.05, 3.63) is 11.9 Å². The van der Waals surface area contributed by atoms with Gasteiger partial charge in [-0.25, -0.2) is 4.68 Å². The van der Waals surface area contributed by atoms with Crippen molar-refractivity contribution in [3.63, 3.8) is 0 Å². The molecule has 0 radical (unpaired) electrons. The van der Waals surface area contributed by atoms with Crippen molar-refractivity contribution < 1.29 is 4.79 Å². The van der Waals surface area contributed by atoms with Crippen LogP contribution in [0.1, 0.15) is 10.5 Å². The minimum atomic E-state index is -0.512. The molecule has 1 amide bonds. The molecule has 0 aromatic carbocycles. The zero-order valence-electron chi connectivity index (χ0n) is 4.90. The fourth-order valence-electron chi connectivity index (χ4n) is 0.513. The van der Waals surface area contributed by atoms with Gasteiger partial charge in [0.15, 0.2) is 0 Å². The maximum Gasteiger partial charge on any atom is 0.268 e. The summed E-state index contributed by atoms with van der Waals surface area (Å²) in [6.07, 6.45) is 1.32. The third-order valence-corrected chi connectivity index (χ3v) is 0.967. The minimum Gasteiger partial charge on any atom is -0.364 e. The molecule has 0 saturated carbocycles. The highest BCUT2D eigenvalue weighted by Crippen LogP contribution is 1.88. The summed E-state index contributed by atoms with van der Waals surface area (Å²) in [5.41, 5.74) is 5.23. The van der Waals surface area contributed by atoms with Crippen LogP contribution < -0.4 is 5.73 Å². The highest BCUT2D eigenvalue weighted by Gasteiger charge is 2.03. The molecular formula is C4H6N4O. The van der Waals surface area contributed by atoms with Crippen LogP contribution in [0.25, 0.3) is 0 Å². The first kappa shape index (κ1) is 5.74. The Morgan fingerprint density at radius 1 is 1.89 bits per heavy atom. The van der Waals surface area contributed by atoms with E-state index in [2.05, 4.69) is 10.3 Å². The second-order valence-corrected chi connectivity index (χ2v) is 1.61. The molecule has 0 aliphatic carbocycles. The van der Waals surface area contributed by atoms with Gasteiger partial charge in [-0.1, -0.05) is 5.21 Å². The molecule has 0 fully saturated rings. The first-order chi connectivity index (χ1) is 4.22. The molecule has 0 saturated heterocycles. The van der Waals surface area contributed by atoms with Gasteiger partial charge < -0.3 is 5.73 Å². The van der Waals surface area contributed by atoms with Crippen LogP contribution in [-0.2, 0) is 7.05 Å². The van der Waals surface area contributed by atoms with Crippen molar-refractivity contribution in [2.24, 2.45) is 12.8 Å². The number of amides is 1. The molecule has 5 nitrogen and oxygen atoms in total. The molecule has 0 aliphatic heterocycles. The molecule has 1 aromatic rings. The second kappa shape index (κ2) is 1.85. The maximum absolute atomic E-state index is 10.4. The average molecular weight is 126 g/mol. The standard InChI is InChI=1S/C4H6N4O/c1-8-3(4(5)9)2-6-7-8/h2H,1H3,(H2,5,9). The Hall–Kier alpha value is -1.39. The van der Waals surface area contributed by atoms with Crippen LogP contribution >= 0.6 is 0 Å². The van der Waals surface area contributed by atoms with E-state index in [1.165, 1.54) is 10.9 Å². The smallest absolute Gasteiger partial charge is 0.268 e. The molecule has 1 aromatic heterocycles. The van der Waals surface area contributed by atoms with Crippen molar-refractivity contribution in [3.8, 4) is 0 Å². The molecule has 0 bridgehead atoms. The average Bonchev–Trinajstić information content (AvgIpc) is 2.13. The summed E-state index contributed by atoms with van der Waals surface area (Å²) in [7, 11) is 1.60. The molecular weight excluding hydrogens is 120 g/mol. The molecule has 1 heterocycles. The Labute approximate surface area is 51.5 Å². The number of nitrogens with zero attached hydrogens (tertiary/aromatic N) is 3. The summed E-state index contributed by atoms with van der Waals surface area (Å²) in [6, 6.07) is 0. The van der Waals surface area contributed by atoms with E-state index in [1.54, 1.807) is 7.05 Å². The molecule has 1 rings (SSSR count). The molecule has 0 aliphatic rings. The summed E-state index contributed by atoms with van der Waals surface area (Å²) in [6.45, 7) is 0. The molecule has 0 unspecified atom stereocenters. The molecule has 2 N–H and O–H groups in total. The van der Waals surface area contributed by atoms with Gasteiger partial charge in [-0.3, -0.25) is 4.79 Å². The quantitative estimate of drug-likeness (QED) is 0.519. The summed E-state index contributed by atoms with van der Waals surface area (Å²) in [4.78, 5) is 10.4. The van der Waals surface area contributed by atoms with Crippen LogP contribution in [0, 0.1) is 0 Å². The van der Waals surface area contributed by atoms with Crippen LogP contribution in [-0.4, -0.2) is 20.9 Å². The van der Waals surface area contributed by atoms with Gasteiger partial charge >= 0.3 is 0 Å². The van der Waals surface area contributed by atoms with E-state index >= 15 is 0 Å². The number of rotatable bonds is 1. The van der Waals surface area contributed by atoms with Crippen LogP contribution in [0.5, 0.6) is 0 Å². The van der Waals surface area contributed by atoms with Gasteiger partial charge in [-0.2, -0.15) is 0 Å². The number of hydrogen-bond acceptors (Lipinski definition) is 3. The summed E-state index contributed by atoms with van der Waals surface area (Å²) < 4.78 is 1.32. The van der Waals surface area contributed by atoms with Crippen LogP contribution in [0.2, 0.25) is 0 Å². The van der Waals surface area contributed by atoms with Gasteiger partial charge in [-0.05, 0) is 0 Å². The Bertz CT molecular complexity index is 228. The first-order valence-corrected chi connectivity index (χ1v) is 2.36. The summed E-state index contributed by atoms with van der Waals surface area (Å²) in [5, 5.41) is 6.96. The van der Waals surface area contributed by atoms with Gasteiger partial charge in [-0.15, -0.1) is 5.10 Å². The first-order valence-electron chi connectivity index (χ1n) is 2.36. The van der Waals surface area contributed by atoms with Gasteiger partial charge in [0.1, 0.15) is 5.69 Å².